The van der Waals surface area contributed by atoms with Crippen molar-refractivity contribution in [2.24, 2.45) is 5.92 Å². The number of hydrogen-bond donors (Lipinski definition) is 1. The molecule has 1 unspecified atom stereocenters. The third kappa shape index (κ3) is 4.54. The first-order chi connectivity index (χ1) is 15.6. The predicted molar refractivity (Wildman–Crippen MR) is 129 cm³/mol. The summed E-state index contributed by atoms with van der Waals surface area (Å²) in [6.45, 7) is 5.57. The molecule has 1 atom stereocenters. The van der Waals surface area contributed by atoms with Crippen LogP contribution in [0.25, 0.3) is 0 Å². The SMILES string of the molecule is Cc1ccc(NC(=O)CN(C)S(=O)(=O)c2ccc3c(c2)CC(C)N3C(=O)C2CCC2)c(C)c1. The number of carbonyl (C=O) groups is 2. The standard InChI is InChI=1S/C25H31N3O4S/c1-16-8-10-22(17(2)12-16)26-24(29)15-27(4)33(31,32)21-9-11-23-20(14-21)13-18(3)28(23)25(30)19-6-5-7-19/h8-12,14,18-19H,5-7,13,15H2,1-4H3,(H,26,29). The maximum atomic E-state index is 13.2. The Bertz CT molecular complexity index is 1200. The zero-order valence-electron chi connectivity index (χ0n) is 19.6. The summed E-state index contributed by atoms with van der Waals surface area (Å²) in [7, 11) is -2.46. The van der Waals surface area contributed by atoms with Crippen molar-refractivity contribution in [1.29, 1.82) is 0 Å². The van der Waals surface area contributed by atoms with Crippen LogP contribution in [0.2, 0.25) is 0 Å². The van der Waals surface area contributed by atoms with Crippen molar-refractivity contribution in [1.82, 2.24) is 4.31 Å². The van der Waals surface area contributed by atoms with E-state index in [2.05, 4.69) is 5.32 Å². The highest BCUT2D eigenvalue weighted by molar-refractivity contribution is 7.89. The first-order valence-electron chi connectivity index (χ1n) is 11.4. The van der Waals surface area contributed by atoms with Crippen molar-refractivity contribution in [2.75, 3.05) is 23.8 Å². The van der Waals surface area contributed by atoms with Crippen molar-refractivity contribution in [2.45, 2.75) is 57.4 Å². The van der Waals surface area contributed by atoms with Gasteiger partial charge in [0, 0.05) is 30.4 Å². The number of carbonyl (C=O) groups excluding carboxylic acids is 2. The molecule has 2 aromatic carbocycles. The van der Waals surface area contributed by atoms with Crippen LogP contribution in [0, 0.1) is 19.8 Å². The van der Waals surface area contributed by atoms with E-state index >= 15 is 0 Å². The third-order valence-electron chi connectivity index (χ3n) is 6.69. The molecule has 2 aromatic rings. The highest BCUT2D eigenvalue weighted by atomic mass is 32.2. The fourth-order valence-corrected chi connectivity index (χ4v) is 5.74. The van der Waals surface area contributed by atoms with Crippen LogP contribution in [0.15, 0.2) is 41.3 Å². The summed E-state index contributed by atoms with van der Waals surface area (Å²) in [4.78, 5) is 27.3. The number of nitrogens with zero attached hydrogens (tertiary/aromatic N) is 2. The molecule has 1 aliphatic heterocycles. The normalized spacial score (nSPS) is 18.2. The summed E-state index contributed by atoms with van der Waals surface area (Å²) in [6, 6.07) is 10.6. The fraction of sp³-hybridized carbons (Fsp3) is 0.440. The molecule has 0 radical (unpaired) electrons. The molecule has 1 aliphatic carbocycles. The van der Waals surface area contributed by atoms with Gasteiger partial charge < -0.3 is 10.2 Å². The molecule has 8 heteroatoms. The predicted octanol–water partition coefficient (Wildman–Crippen LogP) is 3.64. The van der Waals surface area contributed by atoms with Gasteiger partial charge in [-0.05, 0) is 75.4 Å². The van der Waals surface area contributed by atoms with Crippen LogP contribution < -0.4 is 10.2 Å². The van der Waals surface area contributed by atoms with Crippen molar-refractivity contribution >= 4 is 33.2 Å². The van der Waals surface area contributed by atoms with Crippen molar-refractivity contribution in [3.8, 4) is 0 Å². The maximum Gasteiger partial charge on any atom is 0.243 e. The average Bonchev–Trinajstić information content (AvgIpc) is 3.03. The molecule has 0 aromatic heterocycles. The smallest absolute Gasteiger partial charge is 0.243 e. The van der Waals surface area contributed by atoms with Gasteiger partial charge in [-0.3, -0.25) is 9.59 Å². The molecule has 33 heavy (non-hydrogen) atoms. The van der Waals surface area contributed by atoms with Crippen LogP contribution in [0.3, 0.4) is 0 Å². The van der Waals surface area contributed by atoms with Gasteiger partial charge in [0.2, 0.25) is 21.8 Å². The zero-order valence-corrected chi connectivity index (χ0v) is 20.4. The lowest BCUT2D eigenvalue weighted by molar-refractivity contribution is -0.125. The van der Waals surface area contributed by atoms with Crippen LogP contribution in [0.4, 0.5) is 11.4 Å². The largest absolute Gasteiger partial charge is 0.325 e. The van der Waals surface area contributed by atoms with Crippen LogP contribution in [-0.4, -0.2) is 44.2 Å². The molecule has 7 nitrogen and oxygen atoms in total. The average molecular weight is 470 g/mol. The summed E-state index contributed by atoms with van der Waals surface area (Å²) in [6.07, 6.45) is 3.57. The monoisotopic (exact) mass is 469 g/mol. The minimum absolute atomic E-state index is 0.00677. The second kappa shape index (κ2) is 8.91. The lowest BCUT2D eigenvalue weighted by atomic mass is 9.84. The second-order valence-corrected chi connectivity index (χ2v) is 11.4. The topological polar surface area (TPSA) is 86.8 Å². The second-order valence-electron chi connectivity index (χ2n) is 9.31. The van der Waals surface area contributed by atoms with Crippen molar-refractivity contribution < 1.29 is 18.0 Å². The molecule has 2 amide bonds. The number of fused-ring (bicyclic) bond motifs is 1. The van der Waals surface area contributed by atoms with Crippen molar-refractivity contribution in [3.63, 3.8) is 0 Å². The minimum Gasteiger partial charge on any atom is -0.325 e. The summed E-state index contributed by atoms with van der Waals surface area (Å²) >= 11 is 0. The zero-order chi connectivity index (χ0) is 23.9. The lowest BCUT2D eigenvalue weighted by Gasteiger charge is -2.32. The maximum absolute atomic E-state index is 13.2. The molecule has 0 bridgehead atoms. The summed E-state index contributed by atoms with van der Waals surface area (Å²) < 4.78 is 27.4. The Labute approximate surface area is 195 Å². The van der Waals surface area contributed by atoms with Gasteiger partial charge in [-0.15, -0.1) is 0 Å². The molecule has 1 heterocycles. The highest BCUT2D eigenvalue weighted by Gasteiger charge is 2.37. The molecule has 176 valence electrons. The Balaban J connectivity index is 1.48. The van der Waals surface area contributed by atoms with Gasteiger partial charge in [-0.2, -0.15) is 4.31 Å². The number of amides is 2. The quantitative estimate of drug-likeness (QED) is 0.700. The Kier molecular flexibility index (Phi) is 6.33. The van der Waals surface area contributed by atoms with E-state index in [0.717, 1.165) is 45.9 Å². The number of rotatable bonds is 6. The van der Waals surface area contributed by atoms with Crippen LogP contribution in [0.5, 0.6) is 0 Å². The number of likely N-dealkylation sites (N-methyl/N-ethyl adjacent to an activating group) is 1. The van der Waals surface area contributed by atoms with Gasteiger partial charge in [0.05, 0.1) is 11.4 Å². The van der Waals surface area contributed by atoms with E-state index in [0.29, 0.717) is 12.1 Å². The Morgan fingerprint density at radius 3 is 2.48 bits per heavy atom. The molecule has 1 saturated carbocycles. The van der Waals surface area contributed by atoms with Gasteiger partial charge in [0.25, 0.3) is 0 Å². The van der Waals surface area contributed by atoms with E-state index in [1.54, 1.807) is 12.1 Å². The van der Waals surface area contributed by atoms with E-state index in [-0.39, 0.29) is 29.3 Å². The van der Waals surface area contributed by atoms with E-state index in [1.807, 2.05) is 43.9 Å². The van der Waals surface area contributed by atoms with Crippen LogP contribution >= 0.6 is 0 Å². The number of nitrogens with one attached hydrogen (secondary N) is 1. The molecular formula is C25H31N3O4S. The highest BCUT2D eigenvalue weighted by Crippen LogP contribution is 2.38. The molecule has 1 fully saturated rings. The van der Waals surface area contributed by atoms with Gasteiger partial charge in [0.15, 0.2) is 0 Å². The fourth-order valence-electron chi connectivity index (χ4n) is 4.57. The molecule has 0 saturated heterocycles. The van der Waals surface area contributed by atoms with Gasteiger partial charge >= 0.3 is 0 Å². The Morgan fingerprint density at radius 2 is 1.85 bits per heavy atom. The van der Waals surface area contributed by atoms with E-state index in [1.165, 1.54) is 13.1 Å². The molecule has 1 N–H and O–H groups in total. The Morgan fingerprint density at radius 1 is 1.12 bits per heavy atom. The molecular weight excluding hydrogens is 438 g/mol. The first-order valence-corrected chi connectivity index (χ1v) is 12.8. The third-order valence-corrected chi connectivity index (χ3v) is 8.49. The summed E-state index contributed by atoms with van der Waals surface area (Å²) in [5.74, 6) is -0.174. The number of anilines is 2. The van der Waals surface area contributed by atoms with Crippen LogP contribution in [0.1, 0.15) is 42.9 Å². The molecule has 4 rings (SSSR count). The summed E-state index contributed by atoms with van der Waals surface area (Å²) in [5, 5.41) is 2.79. The molecule has 2 aliphatic rings. The Hall–Kier alpha value is -2.71. The lowest BCUT2D eigenvalue weighted by Crippen LogP contribution is -2.42. The number of hydrogen-bond acceptors (Lipinski definition) is 4. The number of sulfonamides is 1. The van der Waals surface area contributed by atoms with E-state index in [9.17, 15) is 18.0 Å². The van der Waals surface area contributed by atoms with E-state index in [4.69, 9.17) is 0 Å². The van der Waals surface area contributed by atoms with E-state index < -0.39 is 15.9 Å². The van der Waals surface area contributed by atoms with Gasteiger partial charge in [-0.1, -0.05) is 24.1 Å². The van der Waals surface area contributed by atoms with Gasteiger partial charge in [0.1, 0.15) is 0 Å². The van der Waals surface area contributed by atoms with Crippen molar-refractivity contribution in [3.05, 3.63) is 53.1 Å². The molecule has 0 spiro atoms. The number of benzene rings is 2. The van der Waals surface area contributed by atoms with Gasteiger partial charge in [-0.25, -0.2) is 8.42 Å². The van der Waals surface area contributed by atoms with Crippen LogP contribution in [-0.2, 0) is 26.0 Å². The number of aryl methyl sites for hydroxylation is 2. The minimum atomic E-state index is -3.86. The summed E-state index contributed by atoms with van der Waals surface area (Å²) in [5.41, 5.74) is 4.32. The first kappa shape index (κ1) is 23.4.